The van der Waals surface area contributed by atoms with Crippen LogP contribution in [0.1, 0.15) is 0 Å². The summed E-state index contributed by atoms with van der Waals surface area (Å²) >= 11 is 0. The number of rotatable bonds is 2. The minimum Gasteiger partial charge on any atom is -0.350 e. The molecule has 1 rings (SSSR count). The summed E-state index contributed by atoms with van der Waals surface area (Å²) in [6.07, 6.45) is 0.957. The summed E-state index contributed by atoms with van der Waals surface area (Å²) in [6.45, 7) is 0. The van der Waals surface area contributed by atoms with E-state index in [-0.39, 0.29) is 0 Å². The summed E-state index contributed by atoms with van der Waals surface area (Å²) < 4.78 is 0. The highest BCUT2D eigenvalue weighted by atomic mass is 16.2. The van der Waals surface area contributed by atoms with Gasteiger partial charge in [0, 0.05) is 0 Å². The number of hydrogen-bond donors (Lipinski definition) is 5. The molecule has 0 aliphatic heterocycles. The Kier molecular flexibility index (Phi) is 3.26. The zero-order chi connectivity index (χ0) is 13.2. The summed E-state index contributed by atoms with van der Waals surface area (Å²) in [6, 6.07) is -2.23. The normalized spacial score (nSPS) is 9.76. The fourth-order valence-electron chi connectivity index (χ4n) is 0.991. The predicted molar refractivity (Wildman–Crippen MR) is 57.4 cm³/mol. The number of aromatic nitrogens is 2. The second-order valence-corrected chi connectivity index (χ2v) is 2.82. The lowest BCUT2D eigenvalue weighted by Crippen LogP contribution is -2.48. The van der Waals surface area contributed by atoms with Crippen LogP contribution in [0.15, 0.2) is 11.1 Å². The minimum atomic E-state index is -1.14. The Bertz CT molecular complexity index is 510. The molecule has 0 saturated carbocycles. The van der Waals surface area contributed by atoms with E-state index < -0.39 is 29.1 Å². The molecule has 9 N–H and O–H groups in total. The van der Waals surface area contributed by atoms with Crippen molar-refractivity contribution < 1.29 is 9.59 Å². The number of nitrogens with zero attached hydrogens (tertiary/aromatic N) is 3. The van der Waals surface area contributed by atoms with Crippen molar-refractivity contribution in [2.45, 2.75) is 0 Å². The molecule has 0 aromatic carbocycles. The second kappa shape index (κ2) is 4.46. The van der Waals surface area contributed by atoms with Gasteiger partial charge >= 0.3 is 12.1 Å². The molecular formula is C6H10N8O3. The first-order valence-electron chi connectivity index (χ1n) is 4.12. The molecule has 1 aromatic heterocycles. The third-order valence-corrected chi connectivity index (χ3v) is 1.75. The SMILES string of the molecule is NC(=O)N(N)c1nc[nH]c(=O)c1N(N)C(N)=O. The predicted octanol–water partition coefficient (Wildman–Crippen LogP) is -2.71. The Labute approximate surface area is 93.9 Å². The average molecular weight is 242 g/mol. The Morgan fingerprint density at radius 3 is 2.18 bits per heavy atom. The smallest absolute Gasteiger partial charge is 0.335 e. The molecule has 0 aliphatic rings. The maximum Gasteiger partial charge on any atom is 0.335 e. The summed E-state index contributed by atoms with van der Waals surface area (Å²) in [4.78, 5) is 38.9. The molecule has 11 nitrogen and oxygen atoms in total. The van der Waals surface area contributed by atoms with E-state index in [4.69, 9.17) is 23.2 Å². The van der Waals surface area contributed by atoms with E-state index in [2.05, 4.69) is 9.97 Å². The van der Waals surface area contributed by atoms with Gasteiger partial charge in [0.1, 0.15) is 0 Å². The van der Waals surface area contributed by atoms with Crippen LogP contribution in [0.2, 0.25) is 0 Å². The van der Waals surface area contributed by atoms with E-state index in [0.717, 1.165) is 6.33 Å². The summed E-state index contributed by atoms with van der Waals surface area (Å²) in [5.74, 6) is 10.1. The highest BCUT2D eigenvalue weighted by molar-refractivity contribution is 5.97. The van der Waals surface area contributed by atoms with Gasteiger partial charge in [-0.1, -0.05) is 0 Å². The number of primary amides is 2. The zero-order valence-electron chi connectivity index (χ0n) is 8.45. The molecule has 0 unspecified atom stereocenters. The molecule has 0 aliphatic carbocycles. The third-order valence-electron chi connectivity index (χ3n) is 1.75. The number of nitrogens with one attached hydrogen (secondary N) is 1. The van der Waals surface area contributed by atoms with Crippen molar-refractivity contribution >= 4 is 23.6 Å². The molecule has 4 amide bonds. The van der Waals surface area contributed by atoms with Crippen molar-refractivity contribution in [3.63, 3.8) is 0 Å². The van der Waals surface area contributed by atoms with Gasteiger partial charge in [-0.05, 0) is 0 Å². The van der Waals surface area contributed by atoms with Crippen molar-refractivity contribution in [1.29, 1.82) is 0 Å². The van der Waals surface area contributed by atoms with Crippen LogP contribution >= 0.6 is 0 Å². The first-order chi connectivity index (χ1) is 7.86. The van der Waals surface area contributed by atoms with Crippen LogP contribution in [-0.2, 0) is 0 Å². The van der Waals surface area contributed by atoms with Crippen molar-refractivity contribution in [2.24, 2.45) is 23.2 Å². The molecule has 92 valence electrons. The van der Waals surface area contributed by atoms with E-state index in [1.165, 1.54) is 0 Å². The summed E-state index contributed by atoms with van der Waals surface area (Å²) in [5.41, 5.74) is 8.47. The van der Waals surface area contributed by atoms with Crippen molar-refractivity contribution in [3.8, 4) is 0 Å². The van der Waals surface area contributed by atoms with Gasteiger partial charge in [0.25, 0.3) is 5.56 Å². The number of anilines is 2. The number of urea groups is 2. The number of amides is 4. The highest BCUT2D eigenvalue weighted by Crippen LogP contribution is 2.17. The van der Waals surface area contributed by atoms with Gasteiger partial charge in [-0.25, -0.2) is 36.3 Å². The van der Waals surface area contributed by atoms with Crippen LogP contribution in [0.5, 0.6) is 0 Å². The van der Waals surface area contributed by atoms with E-state index in [1.54, 1.807) is 0 Å². The zero-order valence-corrected chi connectivity index (χ0v) is 8.45. The van der Waals surface area contributed by atoms with E-state index in [1.807, 2.05) is 0 Å². The van der Waals surface area contributed by atoms with Gasteiger partial charge in [-0.2, -0.15) is 0 Å². The molecule has 1 heterocycles. The lowest BCUT2D eigenvalue weighted by atomic mass is 10.4. The molecule has 0 saturated heterocycles. The largest absolute Gasteiger partial charge is 0.350 e. The maximum atomic E-state index is 11.5. The maximum absolute atomic E-state index is 11.5. The monoisotopic (exact) mass is 242 g/mol. The van der Waals surface area contributed by atoms with Crippen LogP contribution in [0, 0.1) is 0 Å². The van der Waals surface area contributed by atoms with Crippen LogP contribution in [0.4, 0.5) is 21.1 Å². The molecule has 0 fully saturated rings. The molecule has 0 atom stereocenters. The third kappa shape index (κ3) is 2.30. The standard InChI is InChI=1S/C6H10N8O3/c7-5(16)13(9)2-3(14(10)6(8)17)11-1-12-4(2)15/h1H,9-10H2,(H2,7,16)(H2,8,17)(H,11,12,15). The van der Waals surface area contributed by atoms with Crippen molar-refractivity contribution in [2.75, 3.05) is 10.0 Å². The van der Waals surface area contributed by atoms with Gasteiger partial charge in [0.15, 0.2) is 11.5 Å². The van der Waals surface area contributed by atoms with Crippen molar-refractivity contribution in [1.82, 2.24) is 9.97 Å². The number of carbonyl (C=O) groups is 2. The fraction of sp³-hybridized carbons (Fsp3) is 0. The second-order valence-electron chi connectivity index (χ2n) is 2.82. The van der Waals surface area contributed by atoms with Gasteiger partial charge in [-0.15, -0.1) is 0 Å². The van der Waals surface area contributed by atoms with Crippen LogP contribution in [0.3, 0.4) is 0 Å². The topological polar surface area (TPSA) is 190 Å². The quantitative estimate of drug-likeness (QED) is 0.212. The van der Waals surface area contributed by atoms with Gasteiger partial charge in [0.2, 0.25) is 0 Å². The van der Waals surface area contributed by atoms with E-state index >= 15 is 0 Å². The van der Waals surface area contributed by atoms with Crippen LogP contribution in [0.25, 0.3) is 0 Å². The molecule has 0 bridgehead atoms. The molecular weight excluding hydrogens is 232 g/mol. The number of aromatic amines is 1. The van der Waals surface area contributed by atoms with Crippen LogP contribution < -0.4 is 38.7 Å². The number of nitrogens with two attached hydrogens (primary N) is 4. The van der Waals surface area contributed by atoms with Gasteiger partial charge in [0.05, 0.1) is 6.33 Å². The first-order valence-corrected chi connectivity index (χ1v) is 4.12. The van der Waals surface area contributed by atoms with Crippen molar-refractivity contribution in [3.05, 3.63) is 16.7 Å². The Morgan fingerprint density at radius 2 is 1.71 bits per heavy atom. The molecule has 0 spiro atoms. The molecule has 11 heteroatoms. The number of hydrazine groups is 2. The molecule has 0 radical (unpaired) electrons. The molecule has 1 aromatic rings. The lowest BCUT2D eigenvalue weighted by Gasteiger charge is -2.19. The Balaban J connectivity index is 3.41. The van der Waals surface area contributed by atoms with E-state index in [9.17, 15) is 14.4 Å². The Hall–Kier alpha value is -2.66. The Morgan fingerprint density at radius 1 is 1.18 bits per heavy atom. The lowest BCUT2D eigenvalue weighted by molar-refractivity contribution is 0.252. The summed E-state index contributed by atoms with van der Waals surface area (Å²) in [5, 5.41) is 0.650. The highest BCUT2D eigenvalue weighted by Gasteiger charge is 2.23. The van der Waals surface area contributed by atoms with E-state index in [0.29, 0.717) is 10.0 Å². The minimum absolute atomic E-state index is 0.296. The fourth-order valence-corrected chi connectivity index (χ4v) is 0.991. The average Bonchev–Trinajstić information content (AvgIpc) is 2.26. The summed E-state index contributed by atoms with van der Waals surface area (Å²) in [7, 11) is 0. The number of hydrogen-bond acceptors (Lipinski definition) is 6. The number of carbonyl (C=O) groups excluding carboxylic acids is 2. The first kappa shape index (κ1) is 12.4. The van der Waals surface area contributed by atoms with Crippen LogP contribution in [-0.4, -0.2) is 22.0 Å². The van der Waals surface area contributed by atoms with Gasteiger partial charge in [-0.3, -0.25) is 4.79 Å². The van der Waals surface area contributed by atoms with Gasteiger partial charge < -0.3 is 16.5 Å². The number of H-pyrrole nitrogens is 1. The molecule has 17 heavy (non-hydrogen) atoms.